The van der Waals surface area contributed by atoms with Gasteiger partial charge in [0.05, 0.1) is 17.0 Å². The number of nitrogens with zero attached hydrogens (tertiary/aromatic N) is 2. The minimum absolute atomic E-state index is 0.0344. The zero-order valence-corrected chi connectivity index (χ0v) is 44.4. The average Bonchev–Trinajstić information content (AvgIpc) is 3.66. The van der Waals surface area contributed by atoms with Crippen molar-refractivity contribution in [3.8, 4) is 11.1 Å². The Labute approximate surface area is 404 Å². The summed E-state index contributed by atoms with van der Waals surface area (Å²) in [7, 11) is 0. The molecule has 0 atom stereocenters. The van der Waals surface area contributed by atoms with E-state index in [9.17, 15) is 0 Å². The zero-order valence-electron chi connectivity index (χ0n) is 44.4. The number of furan rings is 1. The van der Waals surface area contributed by atoms with Gasteiger partial charge in [-0.2, -0.15) is 0 Å². The van der Waals surface area contributed by atoms with Crippen molar-refractivity contribution in [1.82, 2.24) is 0 Å². The van der Waals surface area contributed by atoms with Gasteiger partial charge >= 0.3 is 0 Å². The van der Waals surface area contributed by atoms with E-state index in [4.69, 9.17) is 4.42 Å². The lowest BCUT2D eigenvalue weighted by molar-refractivity contribution is 0.282. The quantitative estimate of drug-likeness (QED) is 0.165. The monoisotopic (exact) mass is 889 g/mol. The smallest absolute Gasteiger partial charge is 0.297 e. The SMILES string of the molecule is Cc1cc2c3c(c1)N(c1cc(C(C)(C)C)cc(C(C)(C)C)c1-c1ccccc1)c1c(oc4c1C(C)(C)CCC4(C)C)B3c1cc3c(cc1N2c1ccc(C(C)(C)C)cc1)C(C)(C)CCC3(C)C. The molecule has 0 N–H and O–H groups in total. The minimum Gasteiger partial charge on any atom is -0.472 e. The van der Waals surface area contributed by atoms with Crippen molar-refractivity contribution in [2.75, 3.05) is 9.80 Å². The molecular formula is C63H77BN2O. The summed E-state index contributed by atoms with van der Waals surface area (Å²) in [5.41, 5.74) is 23.1. The van der Waals surface area contributed by atoms with Crippen LogP contribution in [-0.4, -0.2) is 6.71 Å². The molecule has 4 heteroatoms. The molecule has 67 heavy (non-hydrogen) atoms. The van der Waals surface area contributed by atoms with Gasteiger partial charge in [-0.3, -0.25) is 0 Å². The van der Waals surface area contributed by atoms with Crippen LogP contribution in [0.15, 0.2) is 95.4 Å². The first-order valence-corrected chi connectivity index (χ1v) is 25.5. The van der Waals surface area contributed by atoms with Gasteiger partial charge in [0, 0.05) is 39.3 Å². The zero-order chi connectivity index (χ0) is 48.3. The van der Waals surface area contributed by atoms with Crippen LogP contribution < -0.4 is 26.4 Å². The standard InChI is InChI=1S/C63H77BN2O/c1-38-32-49-53-50(33-38)66(48-35-41(58(5,6)7)34-45(59(8,9)10)51(48)39-22-20-19-21-23-39)54-52-55(63(17,18)31-30-62(52,15)16)67-56(54)64(53)46-36-43-44(61(13,14)29-28-60(43,11)12)37-47(46)65(49)42-26-24-40(25-27-42)57(2,3)4/h19-27,32-37H,28-31H2,1-18H3. The summed E-state index contributed by atoms with van der Waals surface area (Å²) in [6, 6.07) is 36.1. The predicted octanol–water partition coefficient (Wildman–Crippen LogP) is 15.9. The van der Waals surface area contributed by atoms with Crippen LogP contribution in [0.2, 0.25) is 0 Å². The summed E-state index contributed by atoms with van der Waals surface area (Å²) in [5, 5.41) is 0. The molecule has 0 saturated heterocycles. The molecule has 1 aromatic heterocycles. The Bertz CT molecular complexity index is 2970. The van der Waals surface area contributed by atoms with E-state index in [0.717, 1.165) is 37.1 Å². The molecule has 10 rings (SSSR count). The molecule has 0 spiro atoms. The van der Waals surface area contributed by atoms with Gasteiger partial charge < -0.3 is 14.2 Å². The van der Waals surface area contributed by atoms with Crippen LogP contribution in [0.3, 0.4) is 0 Å². The molecule has 0 bridgehead atoms. The van der Waals surface area contributed by atoms with Gasteiger partial charge in [0.2, 0.25) is 0 Å². The molecule has 348 valence electrons. The Morgan fingerprint density at radius 2 is 1.07 bits per heavy atom. The fourth-order valence-corrected chi connectivity index (χ4v) is 12.3. The summed E-state index contributed by atoms with van der Waals surface area (Å²) in [5.74, 6) is 1.16. The third-order valence-corrected chi connectivity index (χ3v) is 16.8. The molecule has 2 aliphatic heterocycles. The molecule has 3 nitrogen and oxygen atoms in total. The number of rotatable bonds is 3. The van der Waals surface area contributed by atoms with E-state index in [1.165, 1.54) is 95.1 Å². The highest BCUT2D eigenvalue weighted by Gasteiger charge is 2.53. The minimum atomic E-state index is -0.139. The van der Waals surface area contributed by atoms with Gasteiger partial charge in [-0.05, 0) is 151 Å². The maximum atomic E-state index is 7.88. The Morgan fingerprint density at radius 3 is 1.66 bits per heavy atom. The first kappa shape index (κ1) is 45.8. The number of anilines is 6. The molecule has 3 heterocycles. The van der Waals surface area contributed by atoms with Crippen LogP contribution >= 0.6 is 0 Å². The number of fused-ring (bicyclic) bond motifs is 7. The maximum Gasteiger partial charge on any atom is 0.297 e. The van der Waals surface area contributed by atoms with Crippen molar-refractivity contribution in [3.63, 3.8) is 0 Å². The number of hydrogen-bond acceptors (Lipinski definition) is 3. The molecule has 4 aliphatic rings. The average molecular weight is 889 g/mol. The summed E-state index contributed by atoms with van der Waals surface area (Å²) >= 11 is 0. The molecule has 6 aromatic rings. The first-order chi connectivity index (χ1) is 31.0. The fraction of sp³-hybridized carbons (Fsp3) is 0.460. The lowest BCUT2D eigenvalue weighted by Crippen LogP contribution is -2.61. The highest BCUT2D eigenvalue weighted by atomic mass is 16.3. The molecule has 0 amide bonds. The van der Waals surface area contributed by atoms with Crippen LogP contribution in [0.5, 0.6) is 0 Å². The third-order valence-electron chi connectivity index (χ3n) is 16.8. The summed E-state index contributed by atoms with van der Waals surface area (Å²) < 4.78 is 7.88. The lowest BCUT2D eigenvalue weighted by Gasteiger charge is -2.47. The van der Waals surface area contributed by atoms with E-state index >= 15 is 0 Å². The molecule has 5 aromatic carbocycles. The van der Waals surface area contributed by atoms with Crippen LogP contribution in [-0.2, 0) is 37.9 Å². The number of benzene rings is 5. The van der Waals surface area contributed by atoms with E-state index in [2.05, 4.69) is 225 Å². The van der Waals surface area contributed by atoms with Crippen LogP contribution in [0.1, 0.15) is 188 Å². The highest BCUT2D eigenvalue weighted by molar-refractivity contribution is 6.99. The largest absolute Gasteiger partial charge is 0.472 e. The number of hydrogen-bond donors (Lipinski definition) is 0. The van der Waals surface area contributed by atoms with Gasteiger partial charge in [0.25, 0.3) is 6.71 Å². The first-order valence-electron chi connectivity index (χ1n) is 25.5. The van der Waals surface area contributed by atoms with E-state index < -0.39 is 0 Å². The molecule has 0 radical (unpaired) electrons. The van der Waals surface area contributed by atoms with E-state index in [0.29, 0.717) is 0 Å². The van der Waals surface area contributed by atoms with Crippen molar-refractivity contribution in [2.24, 2.45) is 0 Å². The van der Waals surface area contributed by atoms with Gasteiger partial charge in [0.1, 0.15) is 5.76 Å². The van der Waals surface area contributed by atoms with Gasteiger partial charge in [-0.15, -0.1) is 0 Å². The van der Waals surface area contributed by atoms with Gasteiger partial charge in [0.15, 0.2) is 0 Å². The third kappa shape index (κ3) is 7.11. The van der Waals surface area contributed by atoms with Crippen molar-refractivity contribution in [2.45, 2.75) is 188 Å². The molecule has 0 saturated carbocycles. The Morgan fingerprint density at radius 1 is 0.522 bits per heavy atom. The Balaban J connectivity index is 1.41. The second-order valence-corrected chi connectivity index (χ2v) is 26.9. The summed E-state index contributed by atoms with van der Waals surface area (Å²) in [6.45, 7) is 43.2. The van der Waals surface area contributed by atoms with E-state index in [1.807, 2.05) is 0 Å². The molecular weight excluding hydrogens is 812 g/mol. The van der Waals surface area contributed by atoms with Crippen molar-refractivity contribution in [3.05, 3.63) is 136 Å². The topological polar surface area (TPSA) is 19.6 Å². The van der Waals surface area contributed by atoms with Crippen molar-refractivity contribution < 1.29 is 4.42 Å². The predicted molar refractivity (Wildman–Crippen MR) is 290 cm³/mol. The van der Waals surface area contributed by atoms with Crippen LogP contribution in [0.4, 0.5) is 34.1 Å². The van der Waals surface area contributed by atoms with Crippen molar-refractivity contribution >= 4 is 57.4 Å². The molecule has 0 fully saturated rings. The van der Waals surface area contributed by atoms with Gasteiger partial charge in [-0.25, -0.2) is 0 Å². The normalized spacial score (nSPS) is 18.7. The van der Waals surface area contributed by atoms with E-state index in [-0.39, 0.29) is 44.6 Å². The van der Waals surface area contributed by atoms with Gasteiger partial charge in [-0.1, -0.05) is 172 Å². The Kier molecular flexibility index (Phi) is 9.94. The van der Waals surface area contributed by atoms with E-state index in [1.54, 1.807) is 0 Å². The van der Waals surface area contributed by atoms with Crippen LogP contribution in [0, 0.1) is 6.92 Å². The van der Waals surface area contributed by atoms with Crippen molar-refractivity contribution in [1.29, 1.82) is 0 Å². The Hall–Kier alpha value is -4.96. The molecule has 2 aliphatic carbocycles. The number of aryl methyl sites for hydroxylation is 1. The van der Waals surface area contributed by atoms with Crippen LogP contribution in [0.25, 0.3) is 11.1 Å². The second-order valence-electron chi connectivity index (χ2n) is 26.9. The fourth-order valence-electron chi connectivity index (χ4n) is 12.3. The summed E-state index contributed by atoms with van der Waals surface area (Å²) in [4.78, 5) is 5.36. The highest BCUT2D eigenvalue weighted by Crippen LogP contribution is 2.58. The second kappa shape index (κ2) is 14.5. The maximum absolute atomic E-state index is 7.88. The summed E-state index contributed by atoms with van der Waals surface area (Å²) in [6.07, 6.45) is 4.50. The molecule has 0 unspecified atom stereocenters. The lowest BCUT2D eigenvalue weighted by atomic mass is 9.35.